The molecule has 154 valence electrons. The molecule has 2 atom stereocenters. The Morgan fingerprint density at radius 2 is 2.14 bits per heavy atom. The van der Waals surface area contributed by atoms with Gasteiger partial charge in [0.25, 0.3) is 0 Å². The van der Waals surface area contributed by atoms with E-state index in [1.165, 1.54) is 18.2 Å². The summed E-state index contributed by atoms with van der Waals surface area (Å²) in [6, 6.07) is 4.75. The van der Waals surface area contributed by atoms with Gasteiger partial charge in [-0.05, 0) is 18.2 Å². The summed E-state index contributed by atoms with van der Waals surface area (Å²) >= 11 is 11.8. The van der Waals surface area contributed by atoms with Crippen LogP contribution in [0.3, 0.4) is 0 Å². The summed E-state index contributed by atoms with van der Waals surface area (Å²) in [5.41, 5.74) is -1.96. The van der Waals surface area contributed by atoms with Crippen LogP contribution >= 0.6 is 23.2 Å². The molecular formula is C17H14Cl2FN3O5S. The lowest BCUT2D eigenvalue weighted by molar-refractivity contribution is -0.0642. The number of halogens is 3. The number of benzene rings is 1. The Morgan fingerprint density at radius 1 is 1.41 bits per heavy atom. The highest BCUT2D eigenvalue weighted by molar-refractivity contribution is 7.89. The zero-order valence-corrected chi connectivity index (χ0v) is 16.9. The number of ether oxygens (including phenoxy) is 1. The minimum absolute atomic E-state index is 0.101. The van der Waals surface area contributed by atoms with Crippen LogP contribution in [-0.2, 0) is 10.0 Å². The zero-order chi connectivity index (χ0) is 21.4. The van der Waals surface area contributed by atoms with Crippen LogP contribution < -0.4 is 4.74 Å². The van der Waals surface area contributed by atoms with Crippen LogP contribution in [-0.4, -0.2) is 59.3 Å². The summed E-state index contributed by atoms with van der Waals surface area (Å²) in [5, 5.41) is 20.5. The van der Waals surface area contributed by atoms with Crippen LogP contribution in [0.15, 0.2) is 35.4 Å². The van der Waals surface area contributed by atoms with Gasteiger partial charge in [-0.1, -0.05) is 29.8 Å². The average molecular weight is 462 g/mol. The highest BCUT2D eigenvalue weighted by atomic mass is 35.5. The summed E-state index contributed by atoms with van der Waals surface area (Å²) < 4.78 is 46.1. The molecule has 0 amide bonds. The van der Waals surface area contributed by atoms with Crippen molar-refractivity contribution >= 4 is 39.0 Å². The van der Waals surface area contributed by atoms with E-state index in [1.54, 1.807) is 0 Å². The summed E-state index contributed by atoms with van der Waals surface area (Å²) in [4.78, 5) is 6.25. The fourth-order valence-corrected chi connectivity index (χ4v) is 5.11. The van der Waals surface area contributed by atoms with Gasteiger partial charge in [0, 0.05) is 17.6 Å². The number of rotatable bonds is 5. The smallest absolute Gasteiger partial charge is 0.305 e. The van der Waals surface area contributed by atoms with E-state index in [2.05, 4.69) is 9.83 Å². The van der Waals surface area contributed by atoms with Crippen molar-refractivity contribution in [3.63, 3.8) is 0 Å². The third-order valence-electron chi connectivity index (χ3n) is 4.39. The van der Waals surface area contributed by atoms with E-state index < -0.39 is 46.5 Å². The molecule has 1 fully saturated rings. The molecule has 3 rings (SSSR count). The predicted octanol–water partition coefficient (Wildman–Crippen LogP) is 2.25. The number of hydrogen-bond donors (Lipinski definition) is 2. The van der Waals surface area contributed by atoms with Crippen molar-refractivity contribution < 1.29 is 27.8 Å². The second kappa shape index (κ2) is 8.02. The summed E-state index contributed by atoms with van der Waals surface area (Å²) in [5.74, 6) is -1.52. The molecule has 2 N–H and O–H groups in total. The fourth-order valence-electron chi connectivity index (χ4n) is 2.86. The molecule has 0 bridgehead atoms. The monoisotopic (exact) mass is 461 g/mol. The molecule has 1 aromatic carbocycles. The molecule has 1 aliphatic heterocycles. The van der Waals surface area contributed by atoms with E-state index in [1.807, 2.05) is 0 Å². The largest absolute Gasteiger partial charge is 0.482 e. The van der Waals surface area contributed by atoms with Gasteiger partial charge in [-0.15, -0.1) is 4.98 Å². The van der Waals surface area contributed by atoms with Crippen LogP contribution in [0.2, 0.25) is 10.0 Å². The van der Waals surface area contributed by atoms with E-state index in [4.69, 9.17) is 34.5 Å². The summed E-state index contributed by atoms with van der Waals surface area (Å²) in [6.45, 7) is 5.16. The van der Waals surface area contributed by atoms with Gasteiger partial charge in [-0.2, -0.15) is 4.31 Å². The van der Waals surface area contributed by atoms with Gasteiger partial charge in [-0.25, -0.2) is 12.8 Å². The minimum atomic E-state index is -4.15. The Bertz CT molecular complexity index is 1090. The predicted molar refractivity (Wildman–Crippen MR) is 102 cm³/mol. The number of aromatic nitrogens is 1. The molecule has 1 aromatic heterocycles. The zero-order valence-electron chi connectivity index (χ0n) is 14.6. The standard InChI is InChI=1S/C17H14Cl2FN3O5S/c1-21-16-13(20)5-11(6-22-16)28-15-7-23(8-17(15,25)9-24)29(26,27)14-3-2-10(18)4-12(14)19/h2-6,15,24-25H,7-9H2/t15-,17+/m0/s1. The second-order valence-corrected chi connectivity index (χ2v) is 9.08. The molecule has 8 nitrogen and oxygen atoms in total. The highest BCUT2D eigenvalue weighted by Crippen LogP contribution is 2.34. The van der Waals surface area contributed by atoms with Gasteiger partial charge in [-0.3, -0.25) is 0 Å². The number of β-amino-alcohol motifs (C(OH)–C–C–N with tert-alkyl or cyclic N) is 1. The number of nitrogens with zero attached hydrogens (tertiary/aromatic N) is 3. The number of pyridine rings is 1. The lowest BCUT2D eigenvalue weighted by Gasteiger charge is -2.26. The molecule has 0 unspecified atom stereocenters. The maximum atomic E-state index is 13.8. The van der Waals surface area contributed by atoms with Crippen molar-refractivity contribution in [3.05, 3.63) is 57.7 Å². The van der Waals surface area contributed by atoms with Crippen LogP contribution in [0.1, 0.15) is 0 Å². The van der Waals surface area contributed by atoms with Gasteiger partial charge in [0.1, 0.15) is 16.6 Å². The van der Waals surface area contributed by atoms with Crippen molar-refractivity contribution in [1.29, 1.82) is 0 Å². The van der Waals surface area contributed by atoms with Gasteiger partial charge < -0.3 is 19.8 Å². The Kier molecular flexibility index (Phi) is 6.01. The minimum Gasteiger partial charge on any atom is -0.482 e. The molecule has 1 aliphatic rings. The lowest BCUT2D eigenvalue weighted by atomic mass is 10.0. The topological polar surface area (TPSA) is 104 Å². The first-order valence-electron chi connectivity index (χ1n) is 8.09. The van der Waals surface area contributed by atoms with Crippen LogP contribution in [0.25, 0.3) is 4.85 Å². The Labute approximate surface area is 175 Å². The van der Waals surface area contributed by atoms with Crippen LogP contribution in [0.4, 0.5) is 10.2 Å². The van der Waals surface area contributed by atoms with Crippen molar-refractivity contribution in [2.45, 2.75) is 16.6 Å². The summed E-state index contributed by atoms with van der Waals surface area (Å²) in [6.07, 6.45) is -0.157. The molecule has 0 radical (unpaired) electrons. The Hall–Kier alpha value is -2.00. The van der Waals surface area contributed by atoms with Crippen molar-refractivity contribution in [1.82, 2.24) is 9.29 Å². The van der Waals surface area contributed by atoms with Gasteiger partial charge >= 0.3 is 5.82 Å². The molecule has 12 heteroatoms. The second-order valence-electron chi connectivity index (χ2n) is 6.33. The van der Waals surface area contributed by atoms with E-state index in [0.717, 1.165) is 16.6 Å². The van der Waals surface area contributed by atoms with E-state index >= 15 is 0 Å². The molecule has 0 aliphatic carbocycles. The van der Waals surface area contributed by atoms with Crippen molar-refractivity contribution in [3.8, 4) is 5.75 Å². The molecule has 0 spiro atoms. The first kappa shape index (κ1) is 21.7. The van der Waals surface area contributed by atoms with Gasteiger partial charge in [0.2, 0.25) is 10.0 Å². The molecular weight excluding hydrogens is 448 g/mol. The summed E-state index contributed by atoms with van der Waals surface area (Å²) in [7, 11) is -4.15. The third-order valence-corrected chi connectivity index (χ3v) is 6.92. The first-order chi connectivity index (χ1) is 13.6. The first-order valence-corrected chi connectivity index (χ1v) is 10.3. The highest BCUT2D eigenvalue weighted by Gasteiger charge is 2.51. The normalized spacial score (nSPS) is 22.4. The molecule has 1 saturated heterocycles. The maximum absolute atomic E-state index is 13.8. The molecule has 29 heavy (non-hydrogen) atoms. The quantitative estimate of drug-likeness (QED) is 0.661. The molecule has 2 heterocycles. The number of aliphatic hydroxyl groups is 2. The van der Waals surface area contributed by atoms with Crippen LogP contribution in [0.5, 0.6) is 5.75 Å². The van der Waals surface area contributed by atoms with Gasteiger partial charge in [0.05, 0.1) is 18.2 Å². The van der Waals surface area contributed by atoms with Gasteiger partial charge in [0.15, 0.2) is 17.8 Å². The van der Waals surface area contributed by atoms with Crippen molar-refractivity contribution in [2.24, 2.45) is 0 Å². The SMILES string of the molecule is [C-]#[N+]c1ncc(O[C@H]2CN(S(=O)(=O)c3ccc(Cl)cc3Cl)C[C@@]2(O)CO)cc1F. The fraction of sp³-hybridized carbons (Fsp3) is 0.294. The number of sulfonamides is 1. The van der Waals surface area contributed by atoms with E-state index in [-0.39, 0.29) is 27.2 Å². The van der Waals surface area contributed by atoms with E-state index in [0.29, 0.717) is 0 Å². The Balaban J connectivity index is 1.89. The van der Waals surface area contributed by atoms with Crippen LogP contribution in [0, 0.1) is 12.4 Å². The third kappa shape index (κ3) is 4.16. The number of hydrogen-bond acceptors (Lipinski definition) is 6. The maximum Gasteiger partial charge on any atom is 0.305 e. The lowest BCUT2D eigenvalue weighted by Crippen LogP contribution is -2.48. The average Bonchev–Trinajstić information content (AvgIpc) is 2.99. The molecule has 2 aromatic rings. The van der Waals surface area contributed by atoms with Crippen molar-refractivity contribution in [2.75, 3.05) is 19.7 Å². The molecule has 0 saturated carbocycles. The van der Waals surface area contributed by atoms with E-state index in [9.17, 15) is 23.0 Å². The number of aliphatic hydroxyl groups excluding tert-OH is 1. The Morgan fingerprint density at radius 3 is 2.72 bits per heavy atom.